The fraction of sp³-hybridized carbons (Fsp3) is 0.263. The van der Waals surface area contributed by atoms with Gasteiger partial charge in [-0.05, 0) is 32.0 Å². The topological polar surface area (TPSA) is 103 Å². The van der Waals surface area contributed by atoms with E-state index in [1.54, 1.807) is 6.92 Å². The molecule has 2 amide bonds. The van der Waals surface area contributed by atoms with E-state index in [-0.39, 0.29) is 45.7 Å². The van der Waals surface area contributed by atoms with E-state index in [1.807, 2.05) is 0 Å². The van der Waals surface area contributed by atoms with Gasteiger partial charge >= 0.3 is 11.9 Å². The van der Waals surface area contributed by atoms with Crippen LogP contribution in [-0.4, -0.2) is 41.3 Å². The van der Waals surface area contributed by atoms with Crippen molar-refractivity contribution in [3.05, 3.63) is 57.0 Å². The van der Waals surface area contributed by atoms with Crippen LogP contribution in [0.5, 0.6) is 0 Å². The second kappa shape index (κ2) is 8.26. The molecule has 1 atom stereocenters. The molecule has 1 aliphatic rings. The van der Waals surface area contributed by atoms with Crippen molar-refractivity contribution in [3.8, 4) is 0 Å². The van der Waals surface area contributed by atoms with Crippen LogP contribution in [-0.2, 0) is 20.9 Å². The Hall–Kier alpha value is -2.84. The van der Waals surface area contributed by atoms with Crippen molar-refractivity contribution in [1.82, 2.24) is 4.90 Å². The summed E-state index contributed by atoms with van der Waals surface area (Å²) in [4.78, 5) is 50.2. The van der Waals surface area contributed by atoms with Gasteiger partial charge in [0, 0.05) is 0 Å². The highest BCUT2D eigenvalue weighted by Crippen LogP contribution is 2.32. The van der Waals surface area contributed by atoms with Crippen molar-refractivity contribution >= 4 is 47.0 Å². The number of rotatable bonds is 6. The molecule has 1 aliphatic heterocycles. The Bertz CT molecular complexity index is 973. The van der Waals surface area contributed by atoms with Crippen LogP contribution in [0.1, 0.15) is 50.7 Å². The molecular formula is C19H15Cl2NO7. The first-order valence-corrected chi connectivity index (χ1v) is 9.28. The molecule has 3 rings (SSSR count). The Morgan fingerprint density at radius 3 is 2.24 bits per heavy atom. The van der Waals surface area contributed by atoms with Gasteiger partial charge in [-0.15, -0.1) is 0 Å². The van der Waals surface area contributed by atoms with Crippen molar-refractivity contribution in [2.45, 2.75) is 26.5 Å². The first-order chi connectivity index (χ1) is 13.8. The lowest BCUT2D eigenvalue weighted by Gasteiger charge is -2.20. The number of halogens is 2. The minimum atomic E-state index is -1.22. The van der Waals surface area contributed by atoms with E-state index >= 15 is 0 Å². The number of furan rings is 1. The quantitative estimate of drug-likeness (QED) is 0.501. The maximum atomic E-state index is 12.6. The van der Waals surface area contributed by atoms with Gasteiger partial charge in [0.2, 0.25) is 0 Å². The maximum Gasteiger partial charge on any atom is 0.341 e. The van der Waals surface area contributed by atoms with Crippen LogP contribution in [0.15, 0.2) is 28.9 Å². The molecular weight excluding hydrogens is 425 g/mol. The molecule has 2 aromatic rings. The molecule has 8 nitrogen and oxygen atoms in total. The van der Waals surface area contributed by atoms with Gasteiger partial charge in [0.15, 0.2) is 5.76 Å². The zero-order chi connectivity index (χ0) is 21.3. The van der Waals surface area contributed by atoms with Crippen molar-refractivity contribution in [3.63, 3.8) is 0 Å². The number of carbonyl (C=O) groups is 4. The van der Waals surface area contributed by atoms with Crippen molar-refractivity contribution < 1.29 is 33.1 Å². The number of esters is 2. The van der Waals surface area contributed by atoms with Gasteiger partial charge in [0.25, 0.3) is 11.8 Å². The van der Waals surface area contributed by atoms with Crippen LogP contribution in [0, 0.1) is 0 Å². The molecule has 0 N–H and O–H groups in total. The van der Waals surface area contributed by atoms with E-state index in [0.717, 1.165) is 4.90 Å². The van der Waals surface area contributed by atoms with E-state index in [4.69, 9.17) is 37.1 Å². The molecule has 10 heteroatoms. The van der Waals surface area contributed by atoms with Gasteiger partial charge in [0.05, 0.1) is 34.0 Å². The molecule has 1 unspecified atom stereocenters. The highest BCUT2D eigenvalue weighted by atomic mass is 35.5. The molecule has 0 spiro atoms. The van der Waals surface area contributed by atoms with Crippen LogP contribution < -0.4 is 0 Å². The lowest BCUT2D eigenvalue weighted by atomic mass is 10.1. The zero-order valence-corrected chi connectivity index (χ0v) is 16.9. The number of imide groups is 1. The Morgan fingerprint density at radius 1 is 1.10 bits per heavy atom. The lowest BCUT2D eigenvalue weighted by Crippen LogP contribution is -2.43. The second-order valence-corrected chi connectivity index (χ2v) is 6.87. The second-order valence-electron chi connectivity index (χ2n) is 6.05. The molecule has 0 fully saturated rings. The van der Waals surface area contributed by atoms with Gasteiger partial charge in [0.1, 0.15) is 18.2 Å². The number of nitrogens with zero attached hydrogens (tertiary/aromatic N) is 1. The summed E-state index contributed by atoms with van der Waals surface area (Å²) in [7, 11) is 0. The molecule has 1 aromatic carbocycles. The number of ether oxygens (including phenoxy) is 2. The number of benzene rings is 1. The van der Waals surface area contributed by atoms with Crippen LogP contribution in [0.2, 0.25) is 10.0 Å². The highest BCUT2D eigenvalue weighted by molar-refractivity contribution is 6.43. The standard InChI is InChI=1S/C19H15Cl2NO7/c1-3-27-19(26)10-4-5-28-15(10)8-29-18(25)9(2)22-16(23)11-6-13(20)14(21)7-12(11)17(22)24/h4-7,9H,3,8H2,1-2H3. The van der Waals surface area contributed by atoms with Crippen molar-refractivity contribution in [2.75, 3.05) is 6.61 Å². The van der Waals surface area contributed by atoms with Crippen LogP contribution in [0.4, 0.5) is 0 Å². The Balaban J connectivity index is 1.72. The largest absolute Gasteiger partial charge is 0.465 e. The molecule has 29 heavy (non-hydrogen) atoms. The van der Waals surface area contributed by atoms with E-state index in [2.05, 4.69) is 0 Å². The third-order valence-corrected chi connectivity index (χ3v) is 5.00. The first kappa shape index (κ1) is 20.9. The third kappa shape index (κ3) is 3.86. The number of amides is 2. The van der Waals surface area contributed by atoms with Gasteiger partial charge in [-0.3, -0.25) is 14.5 Å². The summed E-state index contributed by atoms with van der Waals surface area (Å²) in [6.45, 7) is 2.81. The molecule has 2 heterocycles. The van der Waals surface area contributed by atoms with Gasteiger partial charge in [-0.1, -0.05) is 23.2 Å². The predicted octanol–water partition coefficient (Wildman–Crippen LogP) is 3.49. The molecule has 0 saturated heterocycles. The zero-order valence-electron chi connectivity index (χ0n) is 15.4. The van der Waals surface area contributed by atoms with E-state index < -0.39 is 29.8 Å². The van der Waals surface area contributed by atoms with Gasteiger partial charge < -0.3 is 13.9 Å². The molecule has 1 aromatic heterocycles. The number of hydrogen-bond donors (Lipinski definition) is 0. The average molecular weight is 440 g/mol. The fourth-order valence-electron chi connectivity index (χ4n) is 2.81. The first-order valence-electron chi connectivity index (χ1n) is 8.53. The third-order valence-electron chi connectivity index (χ3n) is 4.27. The summed E-state index contributed by atoms with van der Waals surface area (Å²) in [5.41, 5.74) is 0.233. The Morgan fingerprint density at radius 2 is 1.69 bits per heavy atom. The van der Waals surface area contributed by atoms with E-state index in [9.17, 15) is 19.2 Å². The molecule has 0 saturated carbocycles. The normalized spacial score (nSPS) is 14.0. The number of hydrogen-bond acceptors (Lipinski definition) is 7. The average Bonchev–Trinajstić information content (AvgIpc) is 3.24. The van der Waals surface area contributed by atoms with Crippen molar-refractivity contribution in [2.24, 2.45) is 0 Å². The minimum absolute atomic E-state index is 0.0553. The van der Waals surface area contributed by atoms with Gasteiger partial charge in [-0.25, -0.2) is 9.59 Å². The molecule has 0 aliphatic carbocycles. The molecule has 0 bridgehead atoms. The summed E-state index contributed by atoms with van der Waals surface area (Å²) in [6.07, 6.45) is 1.26. The summed E-state index contributed by atoms with van der Waals surface area (Å²) in [5, 5.41) is 0.237. The number of carbonyl (C=O) groups excluding carboxylic acids is 4. The molecule has 0 radical (unpaired) electrons. The summed E-state index contributed by atoms with van der Waals surface area (Å²) in [6, 6.07) is 2.74. The van der Waals surface area contributed by atoms with Gasteiger partial charge in [-0.2, -0.15) is 0 Å². The smallest absolute Gasteiger partial charge is 0.341 e. The summed E-state index contributed by atoms with van der Waals surface area (Å²) < 4.78 is 15.2. The van der Waals surface area contributed by atoms with Crippen molar-refractivity contribution in [1.29, 1.82) is 0 Å². The predicted molar refractivity (Wildman–Crippen MR) is 101 cm³/mol. The SMILES string of the molecule is CCOC(=O)c1ccoc1COC(=O)C(C)N1C(=O)c2cc(Cl)c(Cl)cc2C1=O. The lowest BCUT2D eigenvalue weighted by molar-refractivity contribution is -0.149. The van der Waals surface area contributed by atoms with E-state index in [0.29, 0.717) is 0 Å². The molecule has 152 valence electrons. The summed E-state index contributed by atoms with van der Waals surface area (Å²) in [5.74, 6) is -2.75. The van der Waals surface area contributed by atoms with Crippen LogP contribution in [0.25, 0.3) is 0 Å². The van der Waals surface area contributed by atoms with Crippen LogP contribution in [0.3, 0.4) is 0 Å². The van der Waals surface area contributed by atoms with E-state index in [1.165, 1.54) is 31.4 Å². The Kier molecular flexibility index (Phi) is 5.95. The monoisotopic (exact) mass is 439 g/mol. The number of fused-ring (bicyclic) bond motifs is 1. The Labute approximate surface area is 175 Å². The maximum absolute atomic E-state index is 12.6. The van der Waals surface area contributed by atoms with Crippen LogP contribution >= 0.6 is 23.2 Å². The highest BCUT2D eigenvalue weighted by Gasteiger charge is 2.42. The minimum Gasteiger partial charge on any atom is -0.465 e. The summed E-state index contributed by atoms with van der Waals surface area (Å²) >= 11 is 11.8. The fourth-order valence-corrected chi connectivity index (χ4v) is 3.14.